The Morgan fingerprint density at radius 2 is 2.40 bits per heavy atom. The highest BCUT2D eigenvalue weighted by atomic mass is 15.0. The highest BCUT2D eigenvalue weighted by molar-refractivity contribution is 4.92. The summed E-state index contributed by atoms with van der Waals surface area (Å²) in [5.41, 5.74) is 0. The predicted molar refractivity (Wildman–Crippen MR) is 61.7 cm³/mol. The summed E-state index contributed by atoms with van der Waals surface area (Å²) in [5.74, 6) is 2.09. The summed E-state index contributed by atoms with van der Waals surface area (Å²) in [6.45, 7) is 3.41. The SMILES string of the molecule is CC1CCC(NCCc2nccn2C)C1. The summed E-state index contributed by atoms with van der Waals surface area (Å²) in [7, 11) is 2.06. The largest absolute Gasteiger partial charge is 0.338 e. The molecule has 1 fully saturated rings. The van der Waals surface area contributed by atoms with E-state index in [1.165, 1.54) is 25.1 Å². The minimum atomic E-state index is 0.750. The van der Waals surface area contributed by atoms with E-state index in [9.17, 15) is 0 Å². The maximum Gasteiger partial charge on any atom is 0.109 e. The van der Waals surface area contributed by atoms with E-state index >= 15 is 0 Å². The van der Waals surface area contributed by atoms with Crippen LogP contribution in [0, 0.1) is 5.92 Å². The Hall–Kier alpha value is -0.830. The van der Waals surface area contributed by atoms with Crippen LogP contribution in [-0.4, -0.2) is 22.1 Å². The molecule has 1 aromatic rings. The topological polar surface area (TPSA) is 29.9 Å². The van der Waals surface area contributed by atoms with Gasteiger partial charge in [0.2, 0.25) is 0 Å². The molecule has 0 bridgehead atoms. The summed E-state index contributed by atoms with van der Waals surface area (Å²) in [5, 5.41) is 3.62. The van der Waals surface area contributed by atoms with Crippen molar-refractivity contribution in [3.8, 4) is 0 Å². The number of aryl methyl sites for hydroxylation is 1. The first-order valence-corrected chi connectivity index (χ1v) is 5.95. The van der Waals surface area contributed by atoms with Gasteiger partial charge in [-0.1, -0.05) is 6.92 Å². The molecule has 1 aliphatic rings. The minimum absolute atomic E-state index is 0.750. The number of aromatic nitrogens is 2. The van der Waals surface area contributed by atoms with Gasteiger partial charge >= 0.3 is 0 Å². The van der Waals surface area contributed by atoms with Gasteiger partial charge in [-0.05, 0) is 25.2 Å². The van der Waals surface area contributed by atoms with Gasteiger partial charge in [0.25, 0.3) is 0 Å². The van der Waals surface area contributed by atoms with E-state index in [-0.39, 0.29) is 0 Å². The lowest BCUT2D eigenvalue weighted by atomic mass is 10.1. The fourth-order valence-corrected chi connectivity index (χ4v) is 2.42. The smallest absolute Gasteiger partial charge is 0.109 e. The first-order chi connectivity index (χ1) is 7.25. The molecule has 2 rings (SSSR count). The van der Waals surface area contributed by atoms with E-state index in [0.717, 1.165) is 24.9 Å². The van der Waals surface area contributed by atoms with E-state index in [2.05, 4.69) is 28.8 Å². The Kier molecular flexibility index (Phi) is 3.41. The molecule has 0 amide bonds. The third-order valence-electron chi connectivity index (χ3n) is 3.40. The number of nitrogens with one attached hydrogen (secondary N) is 1. The van der Waals surface area contributed by atoms with Crippen molar-refractivity contribution < 1.29 is 0 Å². The molecule has 0 aliphatic heterocycles. The van der Waals surface area contributed by atoms with Crippen LogP contribution in [0.4, 0.5) is 0 Å². The molecule has 2 atom stereocenters. The van der Waals surface area contributed by atoms with Crippen LogP contribution in [0.2, 0.25) is 0 Å². The van der Waals surface area contributed by atoms with E-state index in [1.807, 2.05) is 12.4 Å². The van der Waals surface area contributed by atoms with Crippen LogP contribution in [0.1, 0.15) is 32.0 Å². The maximum atomic E-state index is 4.32. The molecule has 3 nitrogen and oxygen atoms in total. The molecule has 15 heavy (non-hydrogen) atoms. The summed E-state index contributed by atoms with van der Waals surface area (Å²) in [6.07, 6.45) is 9.00. The first-order valence-electron chi connectivity index (χ1n) is 5.95. The summed E-state index contributed by atoms with van der Waals surface area (Å²) in [4.78, 5) is 4.32. The van der Waals surface area contributed by atoms with Gasteiger partial charge in [-0.3, -0.25) is 0 Å². The highest BCUT2D eigenvalue weighted by Gasteiger charge is 2.20. The van der Waals surface area contributed by atoms with Crippen molar-refractivity contribution in [3.63, 3.8) is 0 Å². The van der Waals surface area contributed by atoms with Gasteiger partial charge in [0.1, 0.15) is 5.82 Å². The molecule has 1 aliphatic carbocycles. The number of imidazole rings is 1. The monoisotopic (exact) mass is 207 g/mol. The molecule has 1 N–H and O–H groups in total. The molecule has 0 aromatic carbocycles. The Morgan fingerprint density at radius 1 is 1.53 bits per heavy atom. The zero-order chi connectivity index (χ0) is 10.7. The zero-order valence-corrected chi connectivity index (χ0v) is 9.74. The number of nitrogens with zero attached hydrogens (tertiary/aromatic N) is 2. The second-order valence-electron chi connectivity index (χ2n) is 4.77. The van der Waals surface area contributed by atoms with Crippen LogP contribution >= 0.6 is 0 Å². The van der Waals surface area contributed by atoms with Crippen molar-refractivity contribution in [2.45, 2.75) is 38.6 Å². The molecule has 1 aromatic heterocycles. The average Bonchev–Trinajstić information content (AvgIpc) is 2.77. The number of hydrogen-bond acceptors (Lipinski definition) is 2. The molecule has 0 saturated heterocycles. The molecule has 3 heteroatoms. The van der Waals surface area contributed by atoms with Crippen molar-refractivity contribution >= 4 is 0 Å². The number of hydrogen-bond donors (Lipinski definition) is 1. The molecular weight excluding hydrogens is 186 g/mol. The third-order valence-corrected chi connectivity index (χ3v) is 3.40. The van der Waals surface area contributed by atoms with Crippen molar-refractivity contribution in [3.05, 3.63) is 18.2 Å². The summed E-state index contributed by atoms with van der Waals surface area (Å²) < 4.78 is 2.10. The number of rotatable bonds is 4. The van der Waals surface area contributed by atoms with Gasteiger partial charge in [-0.25, -0.2) is 4.98 Å². The van der Waals surface area contributed by atoms with Gasteiger partial charge in [0, 0.05) is 38.4 Å². The summed E-state index contributed by atoms with van der Waals surface area (Å²) >= 11 is 0. The molecule has 1 saturated carbocycles. The lowest BCUT2D eigenvalue weighted by molar-refractivity contribution is 0.500. The lowest BCUT2D eigenvalue weighted by Crippen LogP contribution is -2.28. The standard InChI is InChI=1S/C12H21N3/c1-10-3-4-11(9-10)13-6-5-12-14-7-8-15(12)2/h7-8,10-11,13H,3-6,9H2,1-2H3. The molecule has 1 heterocycles. The van der Waals surface area contributed by atoms with Crippen LogP contribution in [0.25, 0.3) is 0 Å². The van der Waals surface area contributed by atoms with Crippen LogP contribution < -0.4 is 5.32 Å². The zero-order valence-electron chi connectivity index (χ0n) is 9.74. The molecular formula is C12H21N3. The van der Waals surface area contributed by atoms with Gasteiger partial charge < -0.3 is 9.88 Å². The Morgan fingerprint density at radius 3 is 3.00 bits per heavy atom. The normalized spacial score (nSPS) is 26.0. The van der Waals surface area contributed by atoms with Gasteiger partial charge in [0.05, 0.1) is 0 Å². The van der Waals surface area contributed by atoms with Gasteiger partial charge in [0.15, 0.2) is 0 Å². The quantitative estimate of drug-likeness (QED) is 0.815. The van der Waals surface area contributed by atoms with Crippen LogP contribution in [-0.2, 0) is 13.5 Å². The Balaban J connectivity index is 1.69. The van der Waals surface area contributed by atoms with Gasteiger partial charge in [-0.2, -0.15) is 0 Å². The highest BCUT2D eigenvalue weighted by Crippen LogP contribution is 2.24. The maximum absolute atomic E-state index is 4.32. The second kappa shape index (κ2) is 4.79. The Bertz CT molecular complexity index is 306. The summed E-state index contributed by atoms with van der Waals surface area (Å²) in [6, 6.07) is 0.750. The molecule has 0 radical (unpaired) electrons. The van der Waals surface area contributed by atoms with Crippen LogP contribution in [0.5, 0.6) is 0 Å². The third kappa shape index (κ3) is 2.81. The lowest BCUT2D eigenvalue weighted by Gasteiger charge is -2.11. The van der Waals surface area contributed by atoms with Crippen LogP contribution in [0.3, 0.4) is 0 Å². The van der Waals surface area contributed by atoms with E-state index < -0.39 is 0 Å². The molecule has 84 valence electrons. The van der Waals surface area contributed by atoms with Crippen molar-refractivity contribution in [2.75, 3.05) is 6.54 Å². The van der Waals surface area contributed by atoms with E-state index in [1.54, 1.807) is 0 Å². The van der Waals surface area contributed by atoms with Crippen molar-refractivity contribution in [1.82, 2.24) is 14.9 Å². The van der Waals surface area contributed by atoms with Crippen LogP contribution in [0.15, 0.2) is 12.4 Å². The first kappa shape index (κ1) is 10.7. The fraction of sp³-hybridized carbons (Fsp3) is 0.750. The Labute approximate surface area is 91.9 Å². The molecule has 0 spiro atoms. The van der Waals surface area contributed by atoms with Gasteiger partial charge in [-0.15, -0.1) is 0 Å². The van der Waals surface area contributed by atoms with Crippen molar-refractivity contribution in [2.24, 2.45) is 13.0 Å². The fourth-order valence-electron chi connectivity index (χ4n) is 2.42. The van der Waals surface area contributed by atoms with E-state index in [4.69, 9.17) is 0 Å². The molecule has 2 unspecified atom stereocenters. The van der Waals surface area contributed by atoms with Crippen molar-refractivity contribution in [1.29, 1.82) is 0 Å². The average molecular weight is 207 g/mol. The van der Waals surface area contributed by atoms with E-state index in [0.29, 0.717) is 0 Å². The predicted octanol–water partition coefficient (Wildman–Crippen LogP) is 1.74. The minimum Gasteiger partial charge on any atom is -0.338 e. The second-order valence-corrected chi connectivity index (χ2v) is 4.77.